The average Bonchev–Trinajstić information content (AvgIpc) is 2.95. The molecule has 3 rings (SSSR count). The lowest BCUT2D eigenvalue weighted by molar-refractivity contribution is 0.117. The van der Waals surface area contributed by atoms with Crippen LogP contribution < -0.4 is 5.73 Å². The van der Waals surface area contributed by atoms with Crippen molar-refractivity contribution in [2.24, 2.45) is 11.7 Å². The molecule has 3 unspecified atom stereocenters. The van der Waals surface area contributed by atoms with E-state index in [1.165, 1.54) is 6.07 Å². The van der Waals surface area contributed by atoms with Crippen LogP contribution in [0.4, 0.5) is 4.39 Å². The number of furan rings is 1. The van der Waals surface area contributed by atoms with Gasteiger partial charge in [-0.1, -0.05) is 12.1 Å². The third kappa shape index (κ3) is 1.91. The normalized spacial score (nSPS) is 25.7. The van der Waals surface area contributed by atoms with Crippen LogP contribution in [0.1, 0.15) is 25.1 Å². The highest BCUT2D eigenvalue weighted by molar-refractivity contribution is 5.78. The highest BCUT2D eigenvalue weighted by atomic mass is 19.1. The highest BCUT2D eigenvalue weighted by Crippen LogP contribution is 2.33. The van der Waals surface area contributed by atoms with E-state index in [2.05, 4.69) is 0 Å². The van der Waals surface area contributed by atoms with E-state index >= 15 is 0 Å². The largest absolute Gasteiger partial charge is 0.456 e. The summed E-state index contributed by atoms with van der Waals surface area (Å²) in [5.41, 5.74) is 6.47. The third-order valence-electron chi connectivity index (χ3n) is 3.58. The molecule has 18 heavy (non-hydrogen) atoms. The van der Waals surface area contributed by atoms with Crippen molar-refractivity contribution >= 4 is 11.0 Å². The van der Waals surface area contributed by atoms with Gasteiger partial charge in [0.1, 0.15) is 5.76 Å². The van der Waals surface area contributed by atoms with Gasteiger partial charge in [0.25, 0.3) is 0 Å². The molecule has 1 saturated heterocycles. The molecule has 1 aliphatic rings. The molecule has 0 aliphatic carbocycles. The number of ether oxygens (including phenoxy) is 1. The Bertz CT molecular complexity index is 566. The predicted molar refractivity (Wildman–Crippen MR) is 66.6 cm³/mol. The Kier molecular flexibility index (Phi) is 2.84. The van der Waals surface area contributed by atoms with Crippen LogP contribution in [0.3, 0.4) is 0 Å². The number of halogens is 1. The van der Waals surface area contributed by atoms with Crippen molar-refractivity contribution in [2.45, 2.75) is 25.5 Å². The van der Waals surface area contributed by atoms with Gasteiger partial charge in [-0.25, -0.2) is 4.39 Å². The predicted octanol–water partition coefficient (Wildman–Crippen LogP) is 3.00. The van der Waals surface area contributed by atoms with Crippen molar-refractivity contribution < 1.29 is 13.5 Å². The minimum Gasteiger partial charge on any atom is -0.456 e. The Hall–Kier alpha value is -1.39. The molecule has 1 aromatic heterocycles. The van der Waals surface area contributed by atoms with Crippen LogP contribution in [0, 0.1) is 11.7 Å². The Morgan fingerprint density at radius 3 is 2.94 bits per heavy atom. The van der Waals surface area contributed by atoms with Gasteiger partial charge in [-0.2, -0.15) is 0 Å². The fourth-order valence-electron chi connectivity index (χ4n) is 2.54. The number of nitrogens with two attached hydrogens (primary N) is 1. The van der Waals surface area contributed by atoms with Gasteiger partial charge in [-0.05, 0) is 25.5 Å². The van der Waals surface area contributed by atoms with E-state index in [4.69, 9.17) is 14.9 Å². The van der Waals surface area contributed by atoms with Crippen LogP contribution in [0.2, 0.25) is 0 Å². The van der Waals surface area contributed by atoms with Crippen LogP contribution in [0.15, 0.2) is 28.7 Å². The monoisotopic (exact) mass is 249 g/mol. The molecule has 3 nitrogen and oxygen atoms in total. The van der Waals surface area contributed by atoms with Crippen LogP contribution in [-0.4, -0.2) is 12.7 Å². The summed E-state index contributed by atoms with van der Waals surface area (Å²) >= 11 is 0. The summed E-state index contributed by atoms with van der Waals surface area (Å²) in [6.07, 6.45) is 1.16. The minimum atomic E-state index is -0.345. The number of benzene rings is 1. The zero-order valence-electron chi connectivity index (χ0n) is 10.2. The lowest BCUT2D eigenvalue weighted by Gasteiger charge is -2.14. The van der Waals surface area contributed by atoms with Gasteiger partial charge in [-0.15, -0.1) is 0 Å². The Labute approximate surface area is 105 Å². The molecule has 0 saturated carbocycles. The number of hydrogen-bond acceptors (Lipinski definition) is 3. The van der Waals surface area contributed by atoms with Crippen molar-refractivity contribution in [3.63, 3.8) is 0 Å². The second kappa shape index (κ2) is 4.37. The minimum absolute atomic E-state index is 0.234. The van der Waals surface area contributed by atoms with E-state index in [0.717, 1.165) is 11.8 Å². The first kappa shape index (κ1) is 11.7. The first-order valence-electron chi connectivity index (χ1n) is 6.20. The zero-order chi connectivity index (χ0) is 12.7. The molecule has 3 atom stereocenters. The van der Waals surface area contributed by atoms with Gasteiger partial charge in [0, 0.05) is 11.3 Å². The molecule has 4 heteroatoms. The van der Waals surface area contributed by atoms with E-state index in [1.54, 1.807) is 6.07 Å². The fourth-order valence-corrected chi connectivity index (χ4v) is 2.54. The Morgan fingerprint density at radius 1 is 1.44 bits per heavy atom. The van der Waals surface area contributed by atoms with Crippen molar-refractivity contribution in [1.82, 2.24) is 0 Å². The van der Waals surface area contributed by atoms with E-state index in [-0.39, 0.29) is 29.5 Å². The molecular formula is C14H16FNO2. The summed E-state index contributed by atoms with van der Waals surface area (Å²) in [6.45, 7) is 2.67. The number of hydrogen-bond donors (Lipinski definition) is 1. The van der Waals surface area contributed by atoms with E-state index in [1.807, 2.05) is 19.1 Å². The van der Waals surface area contributed by atoms with Gasteiger partial charge in [0.2, 0.25) is 0 Å². The maximum Gasteiger partial charge on any atom is 0.169 e. The number of fused-ring (bicyclic) bond motifs is 1. The van der Waals surface area contributed by atoms with Crippen LogP contribution in [-0.2, 0) is 4.74 Å². The standard InChI is InChI=1S/C14H16FNO2/c1-8-5-10(7-17-8)13(16)12-6-9-3-2-4-11(15)14(9)18-12/h2-4,6,8,10,13H,5,7,16H2,1H3. The molecule has 1 fully saturated rings. The number of rotatable bonds is 2. The second-order valence-electron chi connectivity index (χ2n) is 4.97. The van der Waals surface area contributed by atoms with Crippen LogP contribution in [0.25, 0.3) is 11.0 Å². The van der Waals surface area contributed by atoms with Gasteiger partial charge in [0.05, 0.1) is 18.8 Å². The van der Waals surface area contributed by atoms with E-state index in [0.29, 0.717) is 12.4 Å². The summed E-state index contributed by atoms with van der Waals surface area (Å²) in [5, 5.41) is 0.757. The van der Waals surface area contributed by atoms with Crippen molar-refractivity contribution in [2.75, 3.05) is 6.61 Å². The number of para-hydroxylation sites is 1. The van der Waals surface area contributed by atoms with Gasteiger partial charge >= 0.3 is 0 Å². The summed E-state index contributed by atoms with van der Waals surface area (Å²) < 4.78 is 24.6. The SMILES string of the molecule is CC1CC(C(N)c2cc3cccc(F)c3o2)CO1. The molecule has 0 radical (unpaired) electrons. The molecule has 1 aromatic carbocycles. The lowest BCUT2D eigenvalue weighted by Crippen LogP contribution is -2.21. The molecule has 0 bridgehead atoms. The Balaban J connectivity index is 1.92. The van der Waals surface area contributed by atoms with Gasteiger partial charge in [0.15, 0.2) is 11.4 Å². The van der Waals surface area contributed by atoms with Crippen LogP contribution in [0.5, 0.6) is 0 Å². The van der Waals surface area contributed by atoms with Gasteiger partial charge < -0.3 is 14.9 Å². The molecule has 0 amide bonds. The summed E-state index contributed by atoms with van der Waals surface area (Å²) in [5.74, 6) is 0.531. The smallest absolute Gasteiger partial charge is 0.169 e. The summed E-state index contributed by atoms with van der Waals surface area (Å²) in [4.78, 5) is 0. The van der Waals surface area contributed by atoms with E-state index < -0.39 is 0 Å². The Morgan fingerprint density at radius 2 is 2.28 bits per heavy atom. The fraction of sp³-hybridized carbons (Fsp3) is 0.429. The maximum absolute atomic E-state index is 13.5. The molecule has 2 heterocycles. The molecular weight excluding hydrogens is 233 g/mol. The summed E-state index contributed by atoms with van der Waals surface area (Å²) in [6, 6.07) is 6.48. The van der Waals surface area contributed by atoms with Gasteiger partial charge in [-0.3, -0.25) is 0 Å². The molecule has 2 N–H and O–H groups in total. The second-order valence-corrected chi connectivity index (χ2v) is 4.97. The van der Waals surface area contributed by atoms with Crippen molar-refractivity contribution in [3.05, 3.63) is 35.8 Å². The van der Waals surface area contributed by atoms with Crippen molar-refractivity contribution in [3.8, 4) is 0 Å². The maximum atomic E-state index is 13.5. The quantitative estimate of drug-likeness (QED) is 0.890. The summed E-state index contributed by atoms with van der Waals surface area (Å²) in [7, 11) is 0. The zero-order valence-corrected chi connectivity index (χ0v) is 10.2. The topological polar surface area (TPSA) is 48.4 Å². The molecule has 96 valence electrons. The molecule has 1 aliphatic heterocycles. The highest BCUT2D eigenvalue weighted by Gasteiger charge is 2.30. The lowest BCUT2D eigenvalue weighted by atomic mass is 9.96. The third-order valence-corrected chi connectivity index (χ3v) is 3.58. The van der Waals surface area contributed by atoms with E-state index in [9.17, 15) is 4.39 Å². The first-order chi connectivity index (χ1) is 8.65. The molecule has 2 aromatic rings. The average molecular weight is 249 g/mol. The van der Waals surface area contributed by atoms with Crippen LogP contribution >= 0.6 is 0 Å². The molecule has 0 spiro atoms. The first-order valence-corrected chi connectivity index (χ1v) is 6.20. The van der Waals surface area contributed by atoms with Crippen molar-refractivity contribution in [1.29, 1.82) is 0 Å².